The lowest BCUT2D eigenvalue weighted by Gasteiger charge is -2.33. The highest BCUT2D eigenvalue weighted by molar-refractivity contribution is 5.74. The molecule has 3 heterocycles. The van der Waals surface area contributed by atoms with Gasteiger partial charge in [0.15, 0.2) is 5.76 Å². The SMILES string of the molecule is O=C(NCc1cc(-c2ccccn2)no1)N(CC1CCC1)C[C@H]1CCCO1. The van der Waals surface area contributed by atoms with Gasteiger partial charge >= 0.3 is 6.03 Å². The smallest absolute Gasteiger partial charge is 0.317 e. The van der Waals surface area contributed by atoms with Gasteiger partial charge in [-0.1, -0.05) is 17.6 Å². The molecule has 4 rings (SSSR count). The standard InChI is InChI=1S/C20H26N4O3/c25-20(24(13-15-5-3-6-15)14-16-7-4-10-26-16)22-12-17-11-19(23-27-17)18-8-1-2-9-21-18/h1-2,8-9,11,15-16H,3-7,10,12-14H2,(H,22,25)/t16-/m1/s1. The van der Waals surface area contributed by atoms with Crippen LogP contribution in [0.25, 0.3) is 11.4 Å². The van der Waals surface area contributed by atoms with Gasteiger partial charge in [-0.05, 0) is 43.7 Å². The number of hydrogen-bond donors (Lipinski definition) is 1. The second-order valence-electron chi connectivity index (χ2n) is 7.39. The lowest BCUT2D eigenvalue weighted by atomic mass is 9.85. The molecule has 1 aliphatic carbocycles. The normalized spacial score (nSPS) is 19.6. The summed E-state index contributed by atoms with van der Waals surface area (Å²) >= 11 is 0. The summed E-state index contributed by atoms with van der Waals surface area (Å²) in [6, 6.07) is 7.39. The van der Waals surface area contributed by atoms with Gasteiger partial charge in [0.05, 0.1) is 18.3 Å². The molecule has 144 valence electrons. The van der Waals surface area contributed by atoms with Crippen molar-refractivity contribution in [3.8, 4) is 11.4 Å². The Kier molecular flexibility index (Phi) is 5.67. The molecule has 7 nitrogen and oxygen atoms in total. The number of carbonyl (C=O) groups excluding carboxylic acids is 1. The van der Waals surface area contributed by atoms with E-state index < -0.39 is 0 Å². The van der Waals surface area contributed by atoms with E-state index in [-0.39, 0.29) is 12.1 Å². The number of rotatable bonds is 7. The van der Waals surface area contributed by atoms with Crippen molar-refractivity contribution >= 4 is 6.03 Å². The lowest BCUT2D eigenvalue weighted by molar-refractivity contribution is 0.0719. The highest BCUT2D eigenvalue weighted by Crippen LogP contribution is 2.27. The second-order valence-corrected chi connectivity index (χ2v) is 7.39. The van der Waals surface area contributed by atoms with E-state index in [0.29, 0.717) is 30.5 Å². The maximum absolute atomic E-state index is 12.7. The summed E-state index contributed by atoms with van der Waals surface area (Å²) in [5, 5.41) is 7.01. The number of ether oxygens (including phenoxy) is 1. The van der Waals surface area contributed by atoms with Crippen LogP contribution in [-0.2, 0) is 11.3 Å². The summed E-state index contributed by atoms with van der Waals surface area (Å²) in [6.07, 6.45) is 7.69. The summed E-state index contributed by atoms with van der Waals surface area (Å²) in [5.74, 6) is 1.24. The first-order chi connectivity index (χ1) is 13.3. The molecule has 0 unspecified atom stereocenters. The molecule has 2 aliphatic rings. The highest BCUT2D eigenvalue weighted by atomic mass is 16.5. The van der Waals surface area contributed by atoms with Gasteiger partial charge in [-0.3, -0.25) is 4.98 Å². The van der Waals surface area contributed by atoms with Crippen molar-refractivity contribution < 1.29 is 14.1 Å². The number of nitrogens with zero attached hydrogens (tertiary/aromatic N) is 3. The molecule has 27 heavy (non-hydrogen) atoms. The zero-order valence-electron chi connectivity index (χ0n) is 15.5. The monoisotopic (exact) mass is 370 g/mol. The molecule has 0 spiro atoms. The zero-order chi connectivity index (χ0) is 18.5. The quantitative estimate of drug-likeness (QED) is 0.809. The molecule has 2 aromatic heterocycles. The molecule has 0 aromatic carbocycles. The summed E-state index contributed by atoms with van der Waals surface area (Å²) in [4.78, 5) is 18.9. The van der Waals surface area contributed by atoms with Gasteiger partial charge in [0.1, 0.15) is 5.69 Å². The third kappa shape index (κ3) is 4.66. The minimum Gasteiger partial charge on any atom is -0.376 e. The van der Waals surface area contributed by atoms with Gasteiger partial charge in [0, 0.05) is 32.0 Å². The van der Waals surface area contributed by atoms with Gasteiger partial charge in [0.2, 0.25) is 0 Å². The van der Waals surface area contributed by atoms with Crippen LogP contribution in [0.2, 0.25) is 0 Å². The summed E-state index contributed by atoms with van der Waals surface area (Å²) in [6.45, 7) is 2.59. The molecular formula is C20H26N4O3. The lowest BCUT2D eigenvalue weighted by Crippen LogP contribution is -2.46. The molecule has 0 bridgehead atoms. The predicted molar refractivity (Wildman–Crippen MR) is 99.9 cm³/mol. The van der Waals surface area contributed by atoms with Crippen molar-refractivity contribution in [3.05, 3.63) is 36.2 Å². The fraction of sp³-hybridized carbons (Fsp3) is 0.550. The van der Waals surface area contributed by atoms with Crippen LogP contribution in [0.3, 0.4) is 0 Å². The molecule has 1 N–H and O–H groups in total. The predicted octanol–water partition coefficient (Wildman–Crippen LogP) is 3.23. The summed E-state index contributed by atoms with van der Waals surface area (Å²) in [7, 11) is 0. The van der Waals surface area contributed by atoms with Gasteiger partial charge in [-0.25, -0.2) is 4.79 Å². The van der Waals surface area contributed by atoms with E-state index in [4.69, 9.17) is 9.26 Å². The maximum atomic E-state index is 12.7. The molecule has 0 radical (unpaired) electrons. The highest BCUT2D eigenvalue weighted by Gasteiger charge is 2.27. The summed E-state index contributed by atoms with van der Waals surface area (Å²) in [5.41, 5.74) is 1.43. The first-order valence-corrected chi connectivity index (χ1v) is 9.79. The molecule has 1 atom stereocenters. The number of aromatic nitrogens is 2. The van der Waals surface area contributed by atoms with Crippen LogP contribution in [-0.4, -0.2) is 46.9 Å². The van der Waals surface area contributed by atoms with Gasteiger partial charge in [-0.15, -0.1) is 0 Å². The minimum atomic E-state index is -0.0619. The second kappa shape index (κ2) is 8.52. The first kappa shape index (κ1) is 18.0. The van der Waals surface area contributed by atoms with Crippen molar-refractivity contribution in [2.45, 2.75) is 44.8 Å². The van der Waals surface area contributed by atoms with Crippen LogP contribution in [0.4, 0.5) is 4.79 Å². The van der Waals surface area contributed by atoms with Gasteiger partial charge in [0.25, 0.3) is 0 Å². The maximum Gasteiger partial charge on any atom is 0.317 e. The molecule has 7 heteroatoms. The number of urea groups is 1. The van der Waals surface area contributed by atoms with Crippen molar-refractivity contribution in [3.63, 3.8) is 0 Å². The van der Waals surface area contributed by atoms with Crippen LogP contribution in [0.1, 0.15) is 37.9 Å². The number of nitrogens with one attached hydrogen (secondary N) is 1. The van der Waals surface area contributed by atoms with E-state index >= 15 is 0 Å². The van der Waals surface area contributed by atoms with E-state index in [1.54, 1.807) is 6.20 Å². The van der Waals surface area contributed by atoms with E-state index in [1.807, 2.05) is 29.2 Å². The van der Waals surface area contributed by atoms with Crippen LogP contribution < -0.4 is 5.32 Å². The number of pyridine rings is 1. The third-order valence-electron chi connectivity index (χ3n) is 5.34. The van der Waals surface area contributed by atoms with E-state index in [0.717, 1.165) is 31.7 Å². The minimum absolute atomic E-state index is 0.0619. The average Bonchev–Trinajstić information content (AvgIpc) is 3.34. The Morgan fingerprint density at radius 3 is 2.81 bits per heavy atom. The zero-order valence-corrected chi connectivity index (χ0v) is 15.5. The molecule has 1 saturated heterocycles. The van der Waals surface area contributed by atoms with E-state index in [9.17, 15) is 4.79 Å². The largest absolute Gasteiger partial charge is 0.376 e. The molecule has 1 saturated carbocycles. The van der Waals surface area contributed by atoms with E-state index in [2.05, 4.69) is 15.5 Å². The van der Waals surface area contributed by atoms with Gasteiger partial charge < -0.3 is 19.5 Å². The van der Waals surface area contributed by atoms with Gasteiger partial charge in [-0.2, -0.15) is 0 Å². The Balaban J connectivity index is 1.33. The Morgan fingerprint density at radius 2 is 2.11 bits per heavy atom. The third-order valence-corrected chi connectivity index (χ3v) is 5.34. The van der Waals surface area contributed by atoms with Crippen molar-refractivity contribution in [1.29, 1.82) is 0 Å². The molecule has 1 aliphatic heterocycles. The first-order valence-electron chi connectivity index (χ1n) is 9.79. The fourth-order valence-electron chi connectivity index (χ4n) is 3.57. The Labute approximate surface area is 159 Å². The van der Waals surface area contributed by atoms with Crippen LogP contribution in [0.15, 0.2) is 35.0 Å². The summed E-state index contributed by atoms with van der Waals surface area (Å²) < 4.78 is 11.1. The number of amides is 2. The Hall–Kier alpha value is -2.41. The van der Waals surface area contributed by atoms with Crippen molar-refractivity contribution in [2.24, 2.45) is 5.92 Å². The van der Waals surface area contributed by atoms with Crippen LogP contribution in [0.5, 0.6) is 0 Å². The van der Waals surface area contributed by atoms with Crippen LogP contribution >= 0.6 is 0 Å². The fourth-order valence-corrected chi connectivity index (χ4v) is 3.57. The van der Waals surface area contributed by atoms with Crippen molar-refractivity contribution in [1.82, 2.24) is 20.4 Å². The Morgan fingerprint density at radius 1 is 1.19 bits per heavy atom. The molecular weight excluding hydrogens is 344 g/mol. The average molecular weight is 370 g/mol. The number of hydrogen-bond acceptors (Lipinski definition) is 5. The Bertz CT molecular complexity index is 739. The topological polar surface area (TPSA) is 80.5 Å². The molecule has 2 aromatic rings. The van der Waals surface area contributed by atoms with Crippen LogP contribution in [0, 0.1) is 5.92 Å². The molecule has 2 fully saturated rings. The number of carbonyl (C=O) groups is 1. The van der Waals surface area contributed by atoms with Crippen molar-refractivity contribution in [2.75, 3.05) is 19.7 Å². The van der Waals surface area contributed by atoms with E-state index in [1.165, 1.54) is 19.3 Å². The molecule has 2 amide bonds.